The molecule has 0 radical (unpaired) electrons. The van der Waals surface area contributed by atoms with Crippen LogP contribution in [0, 0.1) is 0 Å². The highest BCUT2D eigenvalue weighted by atomic mass is 16.6. The summed E-state index contributed by atoms with van der Waals surface area (Å²) in [6.07, 6.45) is 3.00. The summed E-state index contributed by atoms with van der Waals surface area (Å²) in [5.74, 6) is 0. The van der Waals surface area contributed by atoms with Crippen LogP contribution in [-0.4, -0.2) is 50.0 Å². The molecule has 1 fully saturated rings. The van der Waals surface area contributed by atoms with Crippen molar-refractivity contribution in [2.75, 3.05) is 6.54 Å². The molecule has 0 saturated carbocycles. The third-order valence-electron chi connectivity index (χ3n) is 5.95. The Balaban J connectivity index is 1.94. The first-order valence-corrected chi connectivity index (χ1v) is 11.8. The number of aliphatic hydroxyl groups is 1. The van der Waals surface area contributed by atoms with Crippen molar-refractivity contribution in [1.82, 2.24) is 9.47 Å². The fourth-order valence-electron chi connectivity index (χ4n) is 4.72. The Bertz CT molecular complexity index is 1010. The van der Waals surface area contributed by atoms with Gasteiger partial charge in [0.25, 0.3) is 0 Å². The molecule has 2 aromatic rings. The number of aliphatic hydroxyl groups excluding tert-OH is 1. The number of carbonyl (C=O) groups is 2. The van der Waals surface area contributed by atoms with Crippen LogP contribution in [0.4, 0.5) is 9.59 Å². The molecule has 7 heteroatoms. The van der Waals surface area contributed by atoms with E-state index in [-0.39, 0.29) is 6.09 Å². The van der Waals surface area contributed by atoms with Crippen LogP contribution in [0.25, 0.3) is 10.9 Å². The van der Waals surface area contributed by atoms with Gasteiger partial charge in [0, 0.05) is 18.1 Å². The van der Waals surface area contributed by atoms with Crippen molar-refractivity contribution >= 4 is 23.1 Å². The van der Waals surface area contributed by atoms with E-state index in [1.165, 1.54) is 4.57 Å². The molecule has 0 spiro atoms. The summed E-state index contributed by atoms with van der Waals surface area (Å²) in [6.45, 7) is 13.7. The van der Waals surface area contributed by atoms with Gasteiger partial charge in [-0.3, -0.25) is 9.47 Å². The van der Waals surface area contributed by atoms with E-state index >= 15 is 0 Å². The smallest absolute Gasteiger partial charge is 0.418 e. The van der Waals surface area contributed by atoms with Gasteiger partial charge in [-0.2, -0.15) is 0 Å². The lowest BCUT2D eigenvalue weighted by molar-refractivity contribution is -0.0376. The van der Waals surface area contributed by atoms with Crippen molar-refractivity contribution in [3.63, 3.8) is 0 Å². The average molecular weight is 459 g/mol. The number of likely N-dealkylation sites (tertiary alicyclic amines) is 1. The monoisotopic (exact) mass is 458 g/mol. The minimum atomic E-state index is -0.873. The van der Waals surface area contributed by atoms with Crippen LogP contribution in [0.2, 0.25) is 0 Å². The van der Waals surface area contributed by atoms with Gasteiger partial charge in [-0.05, 0) is 84.6 Å². The first-order chi connectivity index (χ1) is 15.3. The molecular weight excluding hydrogens is 420 g/mol. The Morgan fingerprint density at radius 2 is 1.70 bits per heavy atom. The quantitative estimate of drug-likeness (QED) is 0.605. The molecule has 1 saturated heterocycles. The zero-order chi connectivity index (χ0) is 24.6. The third kappa shape index (κ3) is 5.35. The number of ether oxygens (including phenoxy) is 2. The average Bonchev–Trinajstić information content (AvgIpc) is 3.29. The molecule has 1 aliphatic heterocycles. The van der Waals surface area contributed by atoms with Gasteiger partial charge in [0.15, 0.2) is 0 Å². The topological polar surface area (TPSA) is 81.0 Å². The Labute approximate surface area is 196 Å². The van der Waals surface area contributed by atoms with Crippen LogP contribution in [-0.2, 0) is 9.47 Å². The highest BCUT2D eigenvalue weighted by molar-refractivity contribution is 5.90. The van der Waals surface area contributed by atoms with E-state index in [1.54, 1.807) is 11.1 Å². The molecule has 1 amide bonds. The molecule has 3 rings (SSSR count). The summed E-state index contributed by atoms with van der Waals surface area (Å²) in [5, 5.41) is 12.4. The molecule has 7 nitrogen and oxygen atoms in total. The summed E-state index contributed by atoms with van der Waals surface area (Å²) in [5.41, 5.74) is -0.498. The van der Waals surface area contributed by atoms with Gasteiger partial charge < -0.3 is 14.6 Å². The molecule has 2 heterocycles. The van der Waals surface area contributed by atoms with Gasteiger partial charge in [0.1, 0.15) is 17.3 Å². The molecule has 1 aromatic heterocycles. The number of carbonyl (C=O) groups excluding carboxylic acids is 2. The number of hydrogen-bond donors (Lipinski definition) is 1. The lowest BCUT2D eigenvalue weighted by atomic mass is 9.81. The van der Waals surface area contributed by atoms with Crippen molar-refractivity contribution < 1.29 is 24.2 Å². The van der Waals surface area contributed by atoms with Crippen LogP contribution < -0.4 is 0 Å². The number of rotatable bonds is 4. The molecule has 2 unspecified atom stereocenters. The van der Waals surface area contributed by atoms with Gasteiger partial charge in [0.05, 0.1) is 11.1 Å². The second-order valence-electron chi connectivity index (χ2n) is 11.0. The lowest BCUT2D eigenvalue weighted by Gasteiger charge is -2.42. The first-order valence-electron chi connectivity index (χ1n) is 11.8. The second-order valence-corrected chi connectivity index (χ2v) is 11.0. The van der Waals surface area contributed by atoms with Gasteiger partial charge in [-0.15, -0.1) is 0 Å². The van der Waals surface area contributed by atoms with E-state index < -0.39 is 28.9 Å². The van der Waals surface area contributed by atoms with Crippen molar-refractivity contribution in [1.29, 1.82) is 0 Å². The van der Waals surface area contributed by atoms with E-state index in [2.05, 4.69) is 6.92 Å². The molecule has 0 bridgehead atoms. The fourth-order valence-corrected chi connectivity index (χ4v) is 4.72. The molecule has 33 heavy (non-hydrogen) atoms. The number of amides is 1. The number of fused-ring (bicyclic) bond motifs is 1. The van der Waals surface area contributed by atoms with Crippen LogP contribution in [0.1, 0.15) is 85.8 Å². The van der Waals surface area contributed by atoms with E-state index in [4.69, 9.17) is 9.47 Å². The van der Waals surface area contributed by atoms with E-state index in [0.717, 1.165) is 18.2 Å². The van der Waals surface area contributed by atoms with Crippen molar-refractivity contribution in [3.8, 4) is 0 Å². The van der Waals surface area contributed by atoms with Gasteiger partial charge in [0.2, 0.25) is 0 Å². The molecular formula is C26H38N2O5. The second kappa shape index (κ2) is 9.01. The summed E-state index contributed by atoms with van der Waals surface area (Å²) in [4.78, 5) is 27.3. The van der Waals surface area contributed by atoms with Crippen LogP contribution >= 0.6 is 0 Å². The SMILES string of the molecule is CCCC1(C(O)c2ccc3c(ccn3C(=O)OC(C)(C)C)c2)CCCN1C(=O)OC(C)(C)C. The number of hydrogen-bond acceptors (Lipinski definition) is 5. The van der Waals surface area contributed by atoms with Crippen molar-refractivity contribution in [2.45, 2.75) is 97.0 Å². The Hall–Kier alpha value is -2.54. The zero-order valence-corrected chi connectivity index (χ0v) is 21.0. The largest absolute Gasteiger partial charge is 0.444 e. The van der Waals surface area contributed by atoms with E-state index in [1.807, 2.05) is 65.8 Å². The third-order valence-corrected chi connectivity index (χ3v) is 5.95. The molecule has 1 aliphatic rings. The van der Waals surface area contributed by atoms with Crippen molar-refractivity contribution in [3.05, 3.63) is 36.0 Å². The maximum Gasteiger partial charge on any atom is 0.418 e. The Morgan fingerprint density at radius 3 is 2.30 bits per heavy atom. The minimum absolute atomic E-state index is 0.385. The molecule has 1 N–H and O–H groups in total. The summed E-state index contributed by atoms with van der Waals surface area (Å²) in [7, 11) is 0. The number of aromatic nitrogens is 1. The molecule has 2 atom stereocenters. The summed E-state index contributed by atoms with van der Waals surface area (Å²) >= 11 is 0. The van der Waals surface area contributed by atoms with Crippen LogP contribution in [0.5, 0.6) is 0 Å². The van der Waals surface area contributed by atoms with Crippen molar-refractivity contribution in [2.24, 2.45) is 0 Å². The summed E-state index contributed by atoms with van der Waals surface area (Å²) < 4.78 is 12.6. The van der Waals surface area contributed by atoms with Gasteiger partial charge >= 0.3 is 12.2 Å². The van der Waals surface area contributed by atoms with Crippen LogP contribution in [0.3, 0.4) is 0 Å². The summed E-state index contributed by atoms with van der Waals surface area (Å²) in [6, 6.07) is 7.38. The van der Waals surface area contributed by atoms with E-state index in [0.29, 0.717) is 30.5 Å². The predicted octanol–water partition coefficient (Wildman–Crippen LogP) is 6.03. The first kappa shape index (κ1) is 25.1. The number of benzene rings is 1. The maximum absolute atomic E-state index is 13.0. The molecule has 1 aromatic carbocycles. The Kier molecular flexibility index (Phi) is 6.85. The standard InChI is InChI=1S/C26H38N2O5/c1-8-13-26(14-9-15-28(26)23(31)33-25(5,6)7)21(29)19-10-11-20-18(17-19)12-16-27(20)22(30)32-24(2,3)4/h10-12,16-17,21,29H,8-9,13-15H2,1-7H3. The van der Waals surface area contributed by atoms with Gasteiger partial charge in [-0.25, -0.2) is 9.59 Å². The molecule has 182 valence electrons. The number of nitrogens with zero attached hydrogens (tertiary/aromatic N) is 2. The van der Waals surface area contributed by atoms with Gasteiger partial charge in [-0.1, -0.05) is 19.4 Å². The highest BCUT2D eigenvalue weighted by Crippen LogP contribution is 2.44. The van der Waals surface area contributed by atoms with E-state index in [9.17, 15) is 14.7 Å². The maximum atomic E-state index is 13.0. The predicted molar refractivity (Wildman–Crippen MR) is 128 cm³/mol. The Morgan fingerprint density at radius 1 is 1.06 bits per heavy atom. The highest BCUT2D eigenvalue weighted by Gasteiger charge is 2.50. The lowest BCUT2D eigenvalue weighted by Crippen LogP contribution is -2.52. The molecule has 0 aliphatic carbocycles. The zero-order valence-electron chi connectivity index (χ0n) is 21.0. The fraction of sp³-hybridized carbons (Fsp3) is 0.615. The van der Waals surface area contributed by atoms with Crippen LogP contribution in [0.15, 0.2) is 30.5 Å². The normalized spacial score (nSPS) is 20.2. The minimum Gasteiger partial charge on any atom is -0.444 e.